The van der Waals surface area contributed by atoms with E-state index in [1.807, 2.05) is 19.1 Å². The monoisotopic (exact) mass is 443 g/mol. The highest BCUT2D eigenvalue weighted by atomic mass is 32.2. The maximum absolute atomic E-state index is 13.4. The lowest BCUT2D eigenvalue weighted by Gasteiger charge is -2.19. The molecule has 0 radical (unpaired) electrons. The Bertz CT molecular complexity index is 1110. The van der Waals surface area contributed by atoms with Gasteiger partial charge in [-0.1, -0.05) is 0 Å². The quantitative estimate of drug-likeness (QED) is 0.640. The topological polar surface area (TPSA) is 74.6 Å². The van der Waals surface area contributed by atoms with Gasteiger partial charge in [-0.2, -0.15) is 5.10 Å². The molecular weight excluding hydrogens is 421 g/mol. The molecule has 0 saturated heterocycles. The number of hydrogen-bond acceptors (Lipinski definition) is 6. The molecule has 1 unspecified atom stereocenters. The van der Waals surface area contributed by atoms with E-state index in [-0.39, 0.29) is 22.7 Å². The van der Waals surface area contributed by atoms with Gasteiger partial charge in [-0.3, -0.25) is 4.79 Å². The van der Waals surface area contributed by atoms with Crippen molar-refractivity contribution in [3.63, 3.8) is 0 Å². The number of rotatable bonds is 5. The largest absolute Gasteiger partial charge is 0.493 e. The summed E-state index contributed by atoms with van der Waals surface area (Å²) >= 11 is 1.49. The Kier molecular flexibility index (Phi) is 5.77. The van der Waals surface area contributed by atoms with Crippen LogP contribution >= 0.6 is 11.8 Å². The van der Waals surface area contributed by atoms with E-state index in [1.165, 1.54) is 23.9 Å². The van der Waals surface area contributed by atoms with Crippen LogP contribution in [0.2, 0.25) is 0 Å². The van der Waals surface area contributed by atoms with Crippen LogP contribution < -0.4 is 19.5 Å². The number of carbonyl (C=O) groups excluding carboxylic acids is 1. The van der Waals surface area contributed by atoms with Crippen molar-refractivity contribution in [2.45, 2.75) is 12.2 Å². The van der Waals surface area contributed by atoms with Crippen molar-refractivity contribution in [3.05, 3.63) is 59.0 Å². The minimum absolute atomic E-state index is 0.135. The molecule has 1 aromatic heterocycles. The number of anilines is 1. The predicted molar refractivity (Wildman–Crippen MR) is 117 cm³/mol. The third-order valence-corrected chi connectivity index (χ3v) is 6.34. The van der Waals surface area contributed by atoms with E-state index in [4.69, 9.17) is 14.2 Å². The van der Waals surface area contributed by atoms with Gasteiger partial charge in [0.05, 0.1) is 43.7 Å². The standard InChI is InChI=1S/C22H22FN3O4S/c1-12-19-21(13-9-16(28-2)20(30-4)17(10-13)29-3)31-11-18(27)24-22(19)26(25-12)15-7-5-14(23)6-8-15/h5-10,21H,11H2,1-4H3,(H,24,27). The van der Waals surface area contributed by atoms with Crippen molar-refractivity contribution in [1.82, 2.24) is 9.78 Å². The summed E-state index contributed by atoms with van der Waals surface area (Å²) in [5.41, 5.74) is 3.17. The fourth-order valence-electron chi connectivity index (χ4n) is 3.67. The number of hydrogen-bond donors (Lipinski definition) is 1. The van der Waals surface area contributed by atoms with Gasteiger partial charge in [-0.15, -0.1) is 11.8 Å². The average molecular weight is 444 g/mol. The van der Waals surface area contributed by atoms with Gasteiger partial charge in [0, 0.05) is 5.56 Å². The molecule has 9 heteroatoms. The van der Waals surface area contributed by atoms with Crippen molar-refractivity contribution in [2.75, 3.05) is 32.4 Å². The van der Waals surface area contributed by atoms with Gasteiger partial charge in [0.15, 0.2) is 11.5 Å². The predicted octanol–water partition coefficient (Wildman–Crippen LogP) is 4.12. The smallest absolute Gasteiger partial charge is 0.235 e. The second-order valence-electron chi connectivity index (χ2n) is 6.93. The molecule has 1 atom stereocenters. The minimum atomic E-state index is -0.339. The van der Waals surface area contributed by atoms with Crippen LogP contribution in [0.5, 0.6) is 17.2 Å². The van der Waals surface area contributed by atoms with Gasteiger partial charge in [0.25, 0.3) is 0 Å². The number of ether oxygens (including phenoxy) is 3. The molecule has 0 saturated carbocycles. The molecule has 1 aliphatic rings. The van der Waals surface area contributed by atoms with Crippen molar-refractivity contribution < 1.29 is 23.4 Å². The first-order valence-electron chi connectivity index (χ1n) is 9.53. The lowest BCUT2D eigenvalue weighted by atomic mass is 10.0. The Morgan fingerprint density at radius 2 is 1.74 bits per heavy atom. The summed E-state index contributed by atoms with van der Waals surface area (Å²) in [5, 5.41) is 7.39. The van der Waals surface area contributed by atoms with Gasteiger partial charge in [0.1, 0.15) is 11.6 Å². The van der Waals surface area contributed by atoms with E-state index >= 15 is 0 Å². The first kappa shape index (κ1) is 21.0. The maximum atomic E-state index is 13.4. The summed E-state index contributed by atoms with van der Waals surface area (Å²) in [4.78, 5) is 12.5. The molecule has 0 bridgehead atoms. The summed E-state index contributed by atoms with van der Waals surface area (Å²) in [7, 11) is 4.68. The molecule has 3 aromatic rings. The van der Waals surface area contributed by atoms with Crippen LogP contribution in [0.15, 0.2) is 36.4 Å². The van der Waals surface area contributed by atoms with E-state index in [1.54, 1.807) is 38.1 Å². The van der Waals surface area contributed by atoms with Crippen LogP contribution in [0.3, 0.4) is 0 Å². The highest BCUT2D eigenvalue weighted by Crippen LogP contribution is 2.48. The zero-order valence-corrected chi connectivity index (χ0v) is 18.4. The van der Waals surface area contributed by atoms with Crippen LogP contribution in [0.4, 0.5) is 10.2 Å². The van der Waals surface area contributed by atoms with Crippen molar-refractivity contribution >= 4 is 23.5 Å². The van der Waals surface area contributed by atoms with Crippen LogP contribution in [-0.4, -0.2) is 42.8 Å². The number of benzene rings is 2. The number of aromatic nitrogens is 2. The first-order chi connectivity index (χ1) is 15.0. The van der Waals surface area contributed by atoms with Crippen LogP contribution in [-0.2, 0) is 4.79 Å². The summed E-state index contributed by atoms with van der Waals surface area (Å²) in [6.07, 6.45) is 0. The summed E-state index contributed by atoms with van der Waals surface area (Å²) in [5.74, 6) is 1.92. The molecule has 162 valence electrons. The van der Waals surface area contributed by atoms with E-state index in [0.29, 0.717) is 28.8 Å². The fourth-order valence-corrected chi connectivity index (χ4v) is 4.84. The third-order valence-electron chi connectivity index (χ3n) is 5.07. The van der Waals surface area contributed by atoms with Crippen LogP contribution in [0.1, 0.15) is 22.1 Å². The Hall–Kier alpha value is -3.20. The van der Waals surface area contributed by atoms with Crippen LogP contribution in [0, 0.1) is 12.7 Å². The zero-order valence-electron chi connectivity index (χ0n) is 17.6. The maximum Gasteiger partial charge on any atom is 0.235 e. The normalized spacial score (nSPS) is 15.6. The molecule has 2 heterocycles. The van der Waals surface area contributed by atoms with E-state index < -0.39 is 0 Å². The fraction of sp³-hybridized carbons (Fsp3) is 0.273. The van der Waals surface area contributed by atoms with Gasteiger partial charge in [-0.25, -0.2) is 9.07 Å². The number of aryl methyl sites for hydroxylation is 1. The third kappa shape index (κ3) is 3.81. The van der Waals surface area contributed by atoms with Crippen molar-refractivity contribution in [3.8, 4) is 22.9 Å². The van der Waals surface area contributed by atoms with Gasteiger partial charge < -0.3 is 19.5 Å². The SMILES string of the molecule is COc1cc(C2SCC(=O)Nc3c2c(C)nn3-c2ccc(F)cc2)cc(OC)c1OC. The van der Waals surface area contributed by atoms with E-state index in [9.17, 15) is 9.18 Å². The second kappa shape index (κ2) is 8.50. The number of nitrogens with one attached hydrogen (secondary N) is 1. The molecule has 1 aliphatic heterocycles. The second-order valence-corrected chi connectivity index (χ2v) is 8.03. The molecule has 2 aromatic carbocycles. The molecule has 1 amide bonds. The number of methoxy groups -OCH3 is 3. The summed E-state index contributed by atoms with van der Waals surface area (Å²) < 4.78 is 31.5. The van der Waals surface area contributed by atoms with Crippen molar-refractivity contribution in [1.29, 1.82) is 0 Å². The summed E-state index contributed by atoms with van der Waals surface area (Å²) in [6.45, 7) is 1.89. The lowest BCUT2D eigenvalue weighted by molar-refractivity contribution is -0.113. The Labute approximate surface area is 183 Å². The number of amides is 1. The average Bonchev–Trinajstić information content (AvgIpc) is 2.98. The molecule has 4 rings (SSSR count). The molecule has 0 spiro atoms. The Morgan fingerprint density at radius 3 is 2.32 bits per heavy atom. The highest BCUT2D eigenvalue weighted by molar-refractivity contribution is 8.00. The van der Waals surface area contributed by atoms with Gasteiger partial charge >= 0.3 is 0 Å². The zero-order chi connectivity index (χ0) is 22.1. The minimum Gasteiger partial charge on any atom is -0.493 e. The Balaban J connectivity index is 1.89. The van der Waals surface area contributed by atoms with E-state index in [0.717, 1.165) is 16.8 Å². The molecule has 31 heavy (non-hydrogen) atoms. The molecular formula is C22H22FN3O4S. The molecule has 1 N–H and O–H groups in total. The van der Waals surface area contributed by atoms with E-state index in [2.05, 4.69) is 10.4 Å². The lowest BCUT2D eigenvalue weighted by Crippen LogP contribution is -2.15. The van der Waals surface area contributed by atoms with Crippen LogP contribution in [0.25, 0.3) is 5.69 Å². The molecule has 7 nitrogen and oxygen atoms in total. The number of halogens is 1. The number of nitrogens with zero attached hydrogens (tertiary/aromatic N) is 2. The highest BCUT2D eigenvalue weighted by Gasteiger charge is 2.32. The summed E-state index contributed by atoms with van der Waals surface area (Å²) in [6, 6.07) is 9.74. The first-order valence-corrected chi connectivity index (χ1v) is 10.6. The van der Waals surface area contributed by atoms with Gasteiger partial charge in [0.2, 0.25) is 11.7 Å². The Morgan fingerprint density at radius 1 is 1.10 bits per heavy atom. The van der Waals surface area contributed by atoms with Crippen molar-refractivity contribution in [2.24, 2.45) is 0 Å². The molecule has 0 aliphatic carbocycles. The molecule has 0 fully saturated rings. The number of thioether (sulfide) groups is 1. The number of carbonyl (C=O) groups is 1. The number of fused-ring (bicyclic) bond motifs is 1. The van der Waals surface area contributed by atoms with Gasteiger partial charge in [-0.05, 0) is 48.9 Å².